The predicted octanol–water partition coefficient (Wildman–Crippen LogP) is 4.92. The van der Waals surface area contributed by atoms with Crippen LogP contribution in [0, 0.1) is 0 Å². The zero-order chi connectivity index (χ0) is 30.1. The molecule has 9 nitrogen and oxygen atoms in total. The number of aromatic nitrogens is 3. The summed E-state index contributed by atoms with van der Waals surface area (Å²) in [6.07, 6.45) is 5.41. The molecule has 0 aliphatic heterocycles. The van der Waals surface area contributed by atoms with Crippen LogP contribution in [0.5, 0.6) is 0 Å². The van der Waals surface area contributed by atoms with Gasteiger partial charge in [0.15, 0.2) is 0 Å². The number of nitrogens with one attached hydrogen (secondary N) is 1. The highest BCUT2D eigenvalue weighted by Gasteiger charge is 2.28. The molecule has 0 aliphatic rings. The van der Waals surface area contributed by atoms with Crippen LogP contribution in [0.1, 0.15) is 44.9 Å². The Balaban J connectivity index is 1.36. The lowest BCUT2D eigenvalue weighted by molar-refractivity contribution is 0.0403. The van der Waals surface area contributed by atoms with Crippen molar-refractivity contribution in [1.82, 2.24) is 20.3 Å². The van der Waals surface area contributed by atoms with Crippen LogP contribution in [0.25, 0.3) is 6.08 Å². The van der Waals surface area contributed by atoms with Gasteiger partial charge in [-0.25, -0.2) is 18.2 Å². The first-order valence-corrected chi connectivity index (χ1v) is 15.2. The Morgan fingerprint density at radius 2 is 1.47 bits per heavy atom. The maximum absolute atomic E-state index is 12.7. The summed E-state index contributed by atoms with van der Waals surface area (Å²) in [5, 5.41) is 16.7. The number of primary sulfonamides is 1. The van der Waals surface area contributed by atoms with Crippen LogP contribution in [0.2, 0.25) is 0 Å². The van der Waals surface area contributed by atoms with E-state index < -0.39 is 16.1 Å². The number of hydrogen-bond acceptors (Lipinski definition) is 6. The molecule has 0 radical (unpaired) electrons. The molecule has 3 N–H and O–H groups in total. The topological polar surface area (TPSA) is 129 Å². The Hall–Kier alpha value is -4.90. The predicted molar refractivity (Wildman–Crippen MR) is 164 cm³/mol. The third-order valence-corrected chi connectivity index (χ3v) is 7.68. The van der Waals surface area contributed by atoms with Gasteiger partial charge < -0.3 is 10.1 Å². The van der Waals surface area contributed by atoms with Gasteiger partial charge in [-0.1, -0.05) is 108 Å². The van der Waals surface area contributed by atoms with Gasteiger partial charge in [-0.05, 0) is 41.0 Å². The lowest BCUT2D eigenvalue weighted by Crippen LogP contribution is -2.23. The SMILES string of the molecule is NS(=O)(=O)c1ccc(C(=O)NCc2cn([C@@H](c3ccccc3)[C@@H](OCC=Cc3ccccc3)c3ccccc3)nn2)cc1. The largest absolute Gasteiger partial charge is 0.367 e. The van der Waals surface area contributed by atoms with Gasteiger partial charge in [-0.15, -0.1) is 5.10 Å². The van der Waals surface area contributed by atoms with Crippen molar-refractivity contribution in [2.75, 3.05) is 6.61 Å². The van der Waals surface area contributed by atoms with E-state index in [0.717, 1.165) is 16.7 Å². The third kappa shape index (κ3) is 7.89. The van der Waals surface area contributed by atoms with Gasteiger partial charge in [-0.3, -0.25) is 4.79 Å². The summed E-state index contributed by atoms with van der Waals surface area (Å²) in [6.45, 7) is 0.494. The van der Waals surface area contributed by atoms with Crippen molar-refractivity contribution in [3.05, 3.63) is 155 Å². The summed E-state index contributed by atoms with van der Waals surface area (Å²) < 4.78 is 31.3. The lowest BCUT2D eigenvalue weighted by atomic mass is 9.95. The molecule has 0 unspecified atom stereocenters. The zero-order valence-electron chi connectivity index (χ0n) is 23.2. The first kappa shape index (κ1) is 29.6. The van der Waals surface area contributed by atoms with Crippen molar-refractivity contribution in [2.24, 2.45) is 5.14 Å². The minimum Gasteiger partial charge on any atom is -0.367 e. The van der Waals surface area contributed by atoms with Crippen LogP contribution in [0.3, 0.4) is 0 Å². The van der Waals surface area contributed by atoms with E-state index in [4.69, 9.17) is 9.88 Å². The monoisotopic (exact) mass is 593 g/mol. The van der Waals surface area contributed by atoms with Gasteiger partial charge in [0.2, 0.25) is 10.0 Å². The second-order valence-electron chi connectivity index (χ2n) is 9.78. The summed E-state index contributed by atoms with van der Waals surface area (Å²) >= 11 is 0. The fourth-order valence-electron chi connectivity index (χ4n) is 4.64. The number of carbonyl (C=O) groups is 1. The smallest absolute Gasteiger partial charge is 0.251 e. The molecule has 218 valence electrons. The van der Waals surface area contributed by atoms with Gasteiger partial charge in [0.25, 0.3) is 5.91 Å². The first-order valence-electron chi connectivity index (χ1n) is 13.6. The van der Waals surface area contributed by atoms with Crippen LogP contribution in [0.4, 0.5) is 0 Å². The second kappa shape index (κ2) is 13.8. The van der Waals surface area contributed by atoms with E-state index in [2.05, 4.69) is 15.6 Å². The van der Waals surface area contributed by atoms with Crippen LogP contribution in [0.15, 0.2) is 132 Å². The fourth-order valence-corrected chi connectivity index (χ4v) is 5.15. The number of benzene rings is 4. The highest BCUT2D eigenvalue weighted by atomic mass is 32.2. The van der Waals surface area contributed by atoms with Crippen molar-refractivity contribution in [3.63, 3.8) is 0 Å². The van der Waals surface area contributed by atoms with E-state index in [1.54, 1.807) is 10.9 Å². The molecule has 43 heavy (non-hydrogen) atoms. The average Bonchev–Trinajstić information content (AvgIpc) is 3.51. The molecule has 0 aliphatic carbocycles. The molecule has 1 amide bonds. The quantitative estimate of drug-likeness (QED) is 0.211. The number of nitrogens with zero attached hydrogens (tertiary/aromatic N) is 3. The lowest BCUT2D eigenvalue weighted by Gasteiger charge is -2.28. The maximum Gasteiger partial charge on any atom is 0.251 e. The molecule has 0 fully saturated rings. The van der Waals surface area contributed by atoms with E-state index in [0.29, 0.717) is 17.9 Å². The standard InChI is InChI=1S/C33H31N5O4S/c34-43(40,41)30-20-18-28(19-21-30)33(39)35-23-29-24-38(37-36-29)31(26-14-6-2-7-15-26)32(27-16-8-3-9-17-27)42-22-10-13-25-11-4-1-5-12-25/h1-21,24,31-32H,22-23H2,(H,35,39)(H2,34,40,41)/t31-,32-/m0/s1. The van der Waals surface area contributed by atoms with Crippen molar-refractivity contribution >= 4 is 22.0 Å². The van der Waals surface area contributed by atoms with Gasteiger partial charge in [0.05, 0.1) is 24.2 Å². The molecule has 0 saturated heterocycles. The molecule has 1 heterocycles. The molecule has 4 aromatic carbocycles. The third-order valence-electron chi connectivity index (χ3n) is 6.76. The Kier molecular flexibility index (Phi) is 9.52. The van der Waals surface area contributed by atoms with Crippen LogP contribution in [-0.4, -0.2) is 35.9 Å². The number of amides is 1. The molecule has 0 saturated carbocycles. The first-order chi connectivity index (χ1) is 20.9. The number of nitrogens with two attached hydrogens (primary N) is 1. The maximum atomic E-state index is 12.7. The van der Waals surface area contributed by atoms with Crippen LogP contribution in [-0.2, 0) is 21.3 Å². The van der Waals surface area contributed by atoms with E-state index >= 15 is 0 Å². The van der Waals surface area contributed by atoms with E-state index in [-0.39, 0.29) is 23.4 Å². The molecule has 5 aromatic rings. The Labute approximate surface area is 250 Å². The van der Waals surface area contributed by atoms with Crippen LogP contribution < -0.4 is 10.5 Å². The van der Waals surface area contributed by atoms with Crippen molar-refractivity contribution in [2.45, 2.75) is 23.6 Å². The van der Waals surface area contributed by atoms with Gasteiger partial charge in [0.1, 0.15) is 17.8 Å². The summed E-state index contributed by atoms with van der Waals surface area (Å²) in [5.74, 6) is -0.383. The minimum atomic E-state index is -3.84. The number of rotatable bonds is 12. The van der Waals surface area contributed by atoms with Gasteiger partial charge in [-0.2, -0.15) is 0 Å². The summed E-state index contributed by atoms with van der Waals surface area (Å²) in [7, 11) is -3.84. The molecular formula is C33H31N5O4S. The molecule has 1 aromatic heterocycles. The number of carbonyl (C=O) groups excluding carboxylic acids is 1. The molecule has 5 rings (SSSR count). The second-order valence-corrected chi connectivity index (χ2v) is 11.3. The molecule has 10 heteroatoms. The Morgan fingerprint density at radius 3 is 2.09 bits per heavy atom. The van der Waals surface area contributed by atoms with Gasteiger partial charge >= 0.3 is 0 Å². The van der Waals surface area contributed by atoms with Crippen LogP contribution >= 0.6 is 0 Å². The average molecular weight is 594 g/mol. The molecular weight excluding hydrogens is 562 g/mol. The van der Waals surface area contributed by atoms with Crippen molar-refractivity contribution < 1.29 is 17.9 Å². The summed E-state index contributed by atoms with van der Waals surface area (Å²) in [4.78, 5) is 12.6. The highest BCUT2D eigenvalue weighted by Crippen LogP contribution is 2.35. The van der Waals surface area contributed by atoms with E-state index in [1.165, 1.54) is 24.3 Å². The number of hydrogen-bond donors (Lipinski definition) is 2. The molecule has 0 spiro atoms. The van der Waals surface area contributed by atoms with Crippen molar-refractivity contribution in [1.29, 1.82) is 0 Å². The number of ether oxygens (including phenoxy) is 1. The fraction of sp³-hybridized carbons (Fsp3) is 0.121. The Morgan fingerprint density at radius 1 is 0.860 bits per heavy atom. The zero-order valence-corrected chi connectivity index (χ0v) is 24.0. The summed E-state index contributed by atoms with van der Waals surface area (Å²) in [6, 6.07) is 35.0. The van der Waals surface area contributed by atoms with E-state index in [1.807, 2.05) is 103 Å². The highest BCUT2D eigenvalue weighted by molar-refractivity contribution is 7.89. The van der Waals surface area contributed by atoms with Crippen molar-refractivity contribution in [3.8, 4) is 0 Å². The normalized spacial score (nSPS) is 13.0. The van der Waals surface area contributed by atoms with E-state index in [9.17, 15) is 13.2 Å². The van der Waals surface area contributed by atoms with Gasteiger partial charge in [0, 0.05) is 5.56 Å². The summed E-state index contributed by atoms with van der Waals surface area (Å²) in [5.41, 5.74) is 3.90. The number of sulfonamides is 1. The molecule has 0 bridgehead atoms. The minimum absolute atomic E-state index is 0.0651. The Bertz CT molecular complexity index is 1760. The molecule has 2 atom stereocenters.